The Morgan fingerprint density at radius 3 is 2.39 bits per heavy atom. The molecule has 4 fully saturated rings. The molecule has 3 saturated carbocycles. The minimum atomic E-state index is -0.875. The first-order valence-corrected chi connectivity index (χ1v) is 15.9. The van der Waals surface area contributed by atoms with E-state index in [0.29, 0.717) is 24.8 Å². The van der Waals surface area contributed by atoms with Crippen LogP contribution < -0.4 is 0 Å². The number of hydrogen-bond donors (Lipinski definition) is 0. The van der Waals surface area contributed by atoms with Gasteiger partial charge in [0.2, 0.25) is 0 Å². The van der Waals surface area contributed by atoms with Crippen LogP contribution in [0.3, 0.4) is 0 Å². The van der Waals surface area contributed by atoms with Gasteiger partial charge in [0.05, 0.1) is 17.1 Å². The lowest BCUT2D eigenvalue weighted by atomic mass is 9.44. The maximum Gasteiger partial charge on any atom is 0.337 e. The van der Waals surface area contributed by atoms with Crippen molar-refractivity contribution in [3.8, 4) is 0 Å². The molecule has 0 amide bonds. The number of rotatable bonds is 6. The molecule has 0 aromatic rings. The standard InChI is InChI=1S/C34H44O10/c1-16-12-25(43-31(39)22(16)15-40-18(3)35)17(2)24-14-26(41-19(4)36)30-21-13-29-34(44-29)28(42-20(5)37)9-8-27(38)33(34,7)23(21)10-11-32(24,30)6/h8-9,17,21,23-26,28-30H,10-15H2,1-7H3/t17-,21+,23-,24+,25+,26+,28-,29+,30+,32+,33-,34+/m0/s1. The molecule has 1 spiro atoms. The summed E-state index contributed by atoms with van der Waals surface area (Å²) in [7, 11) is 0. The fourth-order valence-corrected chi connectivity index (χ4v) is 10.5. The van der Waals surface area contributed by atoms with Crippen LogP contribution in [0.1, 0.15) is 80.6 Å². The molecule has 0 aromatic carbocycles. The smallest absolute Gasteiger partial charge is 0.337 e. The third kappa shape index (κ3) is 4.41. The highest BCUT2D eigenvalue weighted by atomic mass is 16.7. The van der Waals surface area contributed by atoms with Gasteiger partial charge in [0, 0.05) is 33.1 Å². The number of esters is 4. The van der Waals surface area contributed by atoms with Crippen LogP contribution in [-0.4, -0.2) is 66.3 Å². The first-order chi connectivity index (χ1) is 20.6. The second kappa shape index (κ2) is 10.5. The summed E-state index contributed by atoms with van der Waals surface area (Å²) in [5.41, 5.74) is -0.741. The number of fused-ring (bicyclic) bond motifs is 4. The lowest BCUT2D eigenvalue weighted by Gasteiger charge is -2.58. The van der Waals surface area contributed by atoms with Crippen molar-refractivity contribution in [1.29, 1.82) is 0 Å². The Hall–Kier alpha value is -3.01. The van der Waals surface area contributed by atoms with Crippen molar-refractivity contribution in [2.45, 2.75) is 111 Å². The summed E-state index contributed by atoms with van der Waals surface area (Å²) in [4.78, 5) is 62.6. The molecule has 0 radical (unpaired) electrons. The molecule has 6 aliphatic rings. The first kappa shape index (κ1) is 31.0. The van der Waals surface area contributed by atoms with E-state index in [4.69, 9.17) is 23.7 Å². The Balaban J connectivity index is 1.30. The van der Waals surface area contributed by atoms with E-state index in [2.05, 4.69) is 13.8 Å². The molecule has 0 bridgehead atoms. The molecule has 0 N–H and O–H groups in total. The molecule has 10 heteroatoms. The summed E-state index contributed by atoms with van der Waals surface area (Å²) in [6.45, 7) is 12.3. The molecular formula is C34H44O10. The predicted octanol–water partition coefficient (Wildman–Crippen LogP) is 4.04. The fourth-order valence-electron chi connectivity index (χ4n) is 10.5. The fraction of sp³-hybridized carbons (Fsp3) is 0.735. The Morgan fingerprint density at radius 1 is 1.05 bits per heavy atom. The average molecular weight is 613 g/mol. The highest BCUT2D eigenvalue weighted by Crippen LogP contribution is 2.73. The quantitative estimate of drug-likeness (QED) is 0.246. The van der Waals surface area contributed by atoms with Crippen LogP contribution in [0, 0.1) is 40.4 Å². The molecule has 0 aromatic heterocycles. The second-order valence-electron chi connectivity index (χ2n) is 14.5. The highest BCUT2D eigenvalue weighted by Gasteiger charge is 2.81. The maximum atomic E-state index is 13.8. The summed E-state index contributed by atoms with van der Waals surface area (Å²) in [5, 5.41) is 0. The van der Waals surface area contributed by atoms with Crippen molar-refractivity contribution in [3.63, 3.8) is 0 Å². The van der Waals surface area contributed by atoms with E-state index >= 15 is 0 Å². The molecule has 12 atom stereocenters. The van der Waals surface area contributed by atoms with Crippen molar-refractivity contribution in [3.05, 3.63) is 23.3 Å². The molecule has 6 rings (SSSR count). The third-order valence-corrected chi connectivity index (χ3v) is 12.4. The van der Waals surface area contributed by atoms with E-state index in [-0.39, 0.29) is 71.7 Å². The molecule has 0 unspecified atom stereocenters. The Kier molecular flexibility index (Phi) is 7.42. The van der Waals surface area contributed by atoms with Gasteiger partial charge < -0.3 is 23.7 Å². The number of epoxide rings is 1. The van der Waals surface area contributed by atoms with Crippen molar-refractivity contribution in [1.82, 2.24) is 0 Å². The van der Waals surface area contributed by atoms with E-state index in [9.17, 15) is 24.0 Å². The van der Waals surface area contributed by atoms with Crippen LogP contribution in [0.15, 0.2) is 23.3 Å². The first-order valence-electron chi connectivity index (χ1n) is 15.9. The molecule has 240 valence electrons. The Bertz CT molecular complexity index is 1360. The average Bonchev–Trinajstić information content (AvgIpc) is 3.59. The SMILES string of the molecule is CC(=O)OCC1=C(C)C[C@H]([C@@H](C)[C@H]2C[C@@H](OC(C)=O)[C@H]3[C@@H]4C[C@H]5O[C@]56[C@@H](OC(C)=O)C=CC(=O)[C@]6(C)[C@H]4CC[C@@]32C)OC1=O. The summed E-state index contributed by atoms with van der Waals surface area (Å²) in [5.74, 6) is -1.60. The number of hydrogen-bond acceptors (Lipinski definition) is 10. The lowest BCUT2D eigenvalue weighted by Crippen LogP contribution is -2.64. The van der Waals surface area contributed by atoms with Gasteiger partial charge >= 0.3 is 23.9 Å². The predicted molar refractivity (Wildman–Crippen MR) is 154 cm³/mol. The zero-order valence-electron chi connectivity index (χ0n) is 26.7. The summed E-state index contributed by atoms with van der Waals surface area (Å²) in [6, 6.07) is 0. The molecule has 4 aliphatic carbocycles. The Morgan fingerprint density at radius 2 is 1.75 bits per heavy atom. The van der Waals surface area contributed by atoms with Crippen LogP contribution in [0.25, 0.3) is 0 Å². The van der Waals surface area contributed by atoms with Gasteiger partial charge in [0.15, 0.2) is 11.9 Å². The van der Waals surface area contributed by atoms with Gasteiger partial charge in [-0.1, -0.05) is 19.4 Å². The lowest BCUT2D eigenvalue weighted by molar-refractivity contribution is -0.172. The van der Waals surface area contributed by atoms with E-state index in [1.54, 1.807) is 12.2 Å². The van der Waals surface area contributed by atoms with Gasteiger partial charge in [-0.2, -0.15) is 0 Å². The van der Waals surface area contributed by atoms with Crippen molar-refractivity contribution in [2.75, 3.05) is 6.61 Å². The van der Waals surface area contributed by atoms with E-state index in [1.807, 2.05) is 13.8 Å². The zero-order valence-corrected chi connectivity index (χ0v) is 26.7. The van der Waals surface area contributed by atoms with Gasteiger partial charge in [-0.15, -0.1) is 0 Å². The number of cyclic esters (lactones) is 1. The number of ketones is 1. The van der Waals surface area contributed by atoms with Gasteiger partial charge in [-0.05, 0) is 80.8 Å². The van der Waals surface area contributed by atoms with E-state index in [0.717, 1.165) is 18.4 Å². The van der Waals surface area contributed by atoms with Crippen LogP contribution in [0.5, 0.6) is 0 Å². The topological polar surface area (TPSA) is 135 Å². The largest absolute Gasteiger partial charge is 0.462 e. The monoisotopic (exact) mass is 612 g/mol. The van der Waals surface area contributed by atoms with Crippen LogP contribution in [0.4, 0.5) is 0 Å². The second-order valence-corrected chi connectivity index (χ2v) is 14.5. The van der Waals surface area contributed by atoms with Crippen LogP contribution in [0.2, 0.25) is 0 Å². The molecule has 2 heterocycles. The van der Waals surface area contributed by atoms with Crippen molar-refractivity contribution in [2.24, 2.45) is 40.4 Å². The maximum absolute atomic E-state index is 13.8. The van der Waals surface area contributed by atoms with Gasteiger partial charge in [-0.3, -0.25) is 19.2 Å². The minimum absolute atomic E-state index is 0.00501. The molecule has 1 saturated heterocycles. The molecular weight excluding hydrogens is 568 g/mol. The number of carbonyl (C=O) groups is 5. The van der Waals surface area contributed by atoms with Crippen molar-refractivity contribution < 1.29 is 47.7 Å². The molecule has 2 aliphatic heterocycles. The number of ether oxygens (including phenoxy) is 5. The van der Waals surface area contributed by atoms with Crippen LogP contribution in [-0.2, 0) is 47.7 Å². The summed E-state index contributed by atoms with van der Waals surface area (Å²) in [6.07, 6.45) is 5.12. The molecule has 44 heavy (non-hydrogen) atoms. The van der Waals surface area contributed by atoms with Gasteiger partial charge in [-0.25, -0.2) is 4.79 Å². The van der Waals surface area contributed by atoms with E-state index < -0.39 is 35.0 Å². The third-order valence-electron chi connectivity index (χ3n) is 12.4. The van der Waals surface area contributed by atoms with Crippen molar-refractivity contribution >= 4 is 29.7 Å². The summed E-state index contributed by atoms with van der Waals surface area (Å²) >= 11 is 0. The zero-order chi connectivity index (χ0) is 31.9. The van der Waals surface area contributed by atoms with E-state index in [1.165, 1.54) is 20.8 Å². The minimum Gasteiger partial charge on any atom is -0.462 e. The van der Waals surface area contributed by atoms with Gasteiger partial charge in [0.25, 0.3) is 0 Å². The normalized spacial score (nSPS) is 44.3. The number of allylic oxidation sites excluding steroid dienone is 1. The van der Waals surface area contributed by atoms with Crippen LogP contribution >= 0.6 is 0 Å². The van der Waals surface area contributed by atoms with Gasteiger partial charge in [0.1, 0.15) is 24.4 Å². The summed E-state index contributed by atoms with van der Waals surface area (Å²) < 4.78 is 29.3. The number of carbonyl (C=O) groups excluding carboxylic acids is 5. The Labute approximate surface area is 258 Å². The highest BCUT2D eigenvalue weighted by molar-refractivity contribution is 5.98. The molecule has 10 nitrogen and oxygen atoms in total.